The van der Waals surface area contributed by atoms with Crippen molar-refractivity contribution in [3.8, 4) is 17.2 Å². The third-order valence-corrected chi connectivity index (χ3v) is 2.42. The summed E-state index contributed by atoms with van der Waals surface area (Å²) < 4.78 is 4.69. The third-order valence-electron chi connectivity index (χ3n) is 1.70. The minimum atomic E-state index is -1.42. The maximum atomic E-state index is 10.8. The van der Waals surface area contributed by atoms with Crippen molar-refractivity contribution in [3.63, 3.8) is 0 Å². The summed E-state index contributed by atoms with van der Waals surface area (Å²) in [7, 11) is 1.17. The zero-order valence-corrected chi connectivity index (χ0v) is 8.93. The zero-order chi connectivity index (χ0) is 11.7. The Hall–Kier alpha value is -1.33. The Balaban J connectivity index is 3.70. The molecule has 7 heteroatoms. The number of methoxy groups -OCH3 is 1. The first-order chi connectivity index (χ1) is 6.91. The van der Waals surface area contributed by atoms with Crippen molar-refractivity contribution in [3.05, 3.63) is 15.6 Å². The van der Waals surface area contributed by atoms with E-state index < -0.39 is 33.1 Å². The first-order valence-electron chi connectivity index (χ1n) is 3.62. The Kier molecular flexibility index (Phi) is 3.16. The van der Waals surface area contributed by atoms with Gasteiger partial charge >= 0.3 is 5.97 Å². The van der Waals surface area contributed by atoms with Gasteiger partial charge in [-0.2, -0.15) is 0 Å². The Labute approximate surface area is 94.4 Å². The Bertz CT molecular complexity index is 430. The van der Waals surface area contributed by atoms with Crippen LogP contribution < -0.4 is 4.74 Å². The molecule has 1 rings (SSSR count). The summed E-state index contributed by atoms with van der Waals surface area (Å²) in [6.45, 7) is 0. The summed E-state index contributed by atoms with van der Waals surface area (Å²) >= 11 is 11.1. The molecule has 0 spiro atoms. The number of benzene rings is 1. The molecular weight excluding hydrogens is 247 g/mol. The van der Waals surface area contributed by atoms with E-state index in [4.69, 9.17) is 28.3 Å². The Morgan fingerprint density at radius 2 is 1.67 bits per heavy atom. The number of aromatic hydroxyl groups is 2. The van der Waals surface area contributed by atoms with Crippen molar-refractivity contribution in [2.45, 2.75) is 0 Å². The van der Waals surface area contributed by atoms with Gasteiger partial charge in [0, 0.05) is 0 Å². The highest BCUT2D eigenvalue weighted by atomic mass is 35.5. The monoisotopic (exact) mass is 252 g/mol. The number of carboxylic acids is 1. The average Bonchev–Trinajstić information content (AvgIpc) is 2.19. The van der Waals surface area contributed by atoms with E-state index in [9.17, 15) is 15.0 Å². The molecule has 1 aromatic rings. The molecule has 0 heterocycles. The summed E-state index contributed by atoms with van der Waals surface area (Å²) in [4.78, 5) is 10.8. The van der Waals surface area contributed by atoms with Crippen molar-refractivity contribution in [1.82, 2.24) is 0 Å². The van der Waals surface area contributed by atoms with Crippen molar-refractivity contribution < 1.29 is 24.9 Å². The van der Waals surface area contributed by atoms with Gasteiger partial charge in [-0.3, -0.25) is 0 Å². The zero-order valence-electron chi connectivity index (χ0n) is 7.41. The van der Waals surface area contributed by atoms with Crippen molar-refractivity contribution in [2.24, 2.45) is 0 Å². The second-order valence-corrected chi connectivity index (χ2v) is 3.29. The lowest BCUT2D eigenvalue weighted by Crippen LogP contribution is -2.02. The molecule has 0 unspecified atom stereocenters. The van der Waals surface area contributed by atoms with E-state index in [1.165, 1.54) is 7.11 Å². The van der Waals surface area contributed by atoms with Gasteiger partial charge in [0.1, 0.15) is 15.6 Å². The molecule has 0 aliphatic carbocycles. The van der Waals surface area contributed by atoms with E-state index >= 15 is 0 Å². The van der Waals surface area contributed by atoms with Crippen LogP contribution in [0.2, 0.25) is 10.0 Å². The van der Waals surface area contributed by atoms with Crippen LogP contribution >= 0.6 is 23.2 Å². The summed E-state index contributed by atoms with van der Waals surface area (Å²) in [6.07, 6.45) is 0. The molecule has 0 aliphatic heterocycles. The van der Waals surface area contributed by atoms with E-state index in [1.54, 1.807) is 0 Å². The van der Waals surface area contributed by atoms with E-state index in [1.807, 2.05) is 0 Å². The van der Waals surface area contributed by atoms with Gasteiger partial charge in [0.05, 0.1) is 7.11 Å². The molecule has 15 heavy (non-hydrogen) atoms. The van der Waals surface area contributed by atoms with Crippen LogP contribution in [-0.2, 0) is 0 Å². The molecule has 0 saturated carbocycles. The number of carbonyl (C=O) groups is 1. The van der Waals surface area contributed by atoms with Gasteiger partial charge in [0.15, 0.2) is 17.2 Å². The van der Waals surface area contributed by atoms with Gasteiger partial charge in [-0.1, -0.05) is 23.2 Å². The quantitative estimate of drug-likeness (QED) is 0.702. The van der Waals surface area contributed by atoms with Gasteiger partial charge in [0.2, 0.25) is 0 Å². The highest BCUT2D eigenvalue weighted by Gasteiger charge is 2.26. The normalized spacial score (nSPS) is 10.1. The molecule has 0 bridgehead atoms. The first-order valence-corrected chi connectivity index (χ1v) is 4.37. The fraction of sp³-hybridized carbons (Fsp3) is 0.125. The van der Waals surface area contributed by atoms with E-state index in [-0.39, 0.29) is 5.75 Å². The largest absolute Gasteiger partial charge is 0.503 e. The van der Waals surface area contributed by atoms with Gasteiger partial charge in [-0.05, 0) is 0 Å². The SMILES string of the molecule is COc1c(Cl)c(O)c(O)c(Cl)c1C(=O)O. The number of carboxylic acid groups (broad SMARTS) is 1. The van der Waals surface area contributed by atoms with E-state index in [0.717, 1.165) is 0 Å². The Morgan fingerprint density at radius 1 is 1.20 bits per heavy atom. The smallest absolute Gasteiger partial charge is 0.341 e. The van der Waals surface area contributed by atoms with Crippen LogP contribution in [0.25, 0.3) is 0 Å². The second-order valence-electron chi connectivity index (χ2n) is 2.54. The van der Waals surface area contributed by atoms with Crippen LogP contribution in [0.1, 0.15) is 10.4 Å². The van der Waals surface area contributed by atoms with Crippen LogP contribution in [0.4, 0.5) is 0 Å². The lowest BCUT2D eigenvalue weighted by molar-refractivity contribution is 0.0693. The number of rotatable bonds is 2. The summed E-state index contributed by atoms with van der Waals surface area (Å²) in [5.41, 5.74) is -0.500. The highest BCUT2D eigenvalue weighted by molar-refractivity contribution is 6.39. The minimum Gasteiger partial charge on any atom is -0.503 e. The van der Waals surface area contributed by atoms with Gasteiger partial charge in [-0.25, -0.2) is 4.79 Å². The number of phenols is 2. The van der Waals surface area contributed by atoms with Crippen LogP contribution in [0, 0.1) is 0 Å². The van der Waals surface area contributed by atoms with Crippen LogP contribution in [0.5, 0.6) is 17.2 Å². The molecule has 0 atom stereocenters. The highest BCUT2D eigenvalue weighted by Crippen LogP contribution is 2.48. The standard InChI is InChI=1S/C8H6Cl2O5/c1-15-7-2(8(13)14)3(9)5(11)6(12)4(7)10/h11-12H,1H3,(H,13,14). The van der Waals surface area contributed by atoms with Gasteiger partial charge < -0.3 is 20.1 Å². The molecule has 1 aromatic carbocycles. The fourth-order valence-electron chi connectivity index (χ4n) is 1.03. The summed E-state index contributed by atoms with van der Waals surface area (Å²) in [5.74, 6) is -3.23. The number of phenolic OH excluding ortho intramolecular Hbond substituents is 2. The average molecular weight is 253 g/mol. The van der Waals surface area contributed by atoms with Crippen molar-refractivity contribution in [2.75, 3.05) is 7.11 Å². The molecule has 3 N–H and O–H groups in total. The third kappa shape index (κ3) is 1.75. The van der Waals surface area contributed by atoms with E-state index in [0.29, 0.717) is 0 Å². The lowest BCUT2D eigenvalue weighted by atomic mass is 10.1. The molecule has 0 aliphatic rings. The molecule has 82 valence electrons. The summed E-state index contributed by atoms with van der Waals surface area (Å²) in [5, 5.41) is 26.4. The topological polar surface area (TPSA) is 87.0 Å². The predicted molar refractivity (Wildman–Crippen MR) is 53.3 cm³/mol. The molecule has 0 fully saturated rings. The fourth-order valence-corrected chi connectivity index (χ4v) is 1.54. The van der Waals surface area contributed by atoms with Crippen LogP contribution in [-0.4, -0.2) is 28.4 Å². The Morgan fingerprint density at radius 3 is 2.07 bits per heavy atom. The molecule has 0 amide bonds. The van der Waals surface area contributed by atoms with Crippen LogP contribution in [0.15, 0.2) is 0 Å². The maximum Gasteiger partial charge on any atom is 0.341 e. The molecule has 5 nitrogen and oxygen atoms in total. The molecule has 0 aromatic heterocycles. The molecular formula is C8H6Cl2O5. The van der Waals surface area contributed by atoms with Crippen molar-refractivity contribution >= 4 is 29.2 Å². The predicted octanol–water partition coefficient (Wildman–Crippen LogP) is 2.11. The number of halogens is 2. The minimum absolute atomic E-state index is 0.301. The summed E-state index contributed by atoms with van der Waals surface area (Å²) in [6, 6.07) is 0. The van der Waals surface area contributed by atoms with Crippen molar-refractivity contribution in [1.29, 1.82) is 0 Å². The number of hydrogen-bond donors (Lipinski definition) is 3. The second kappa shape index (κ2) is 4.04. The molecule has 0 radical (unpaired) electrons. The number of aromatic carboxylic acids is 1. The first kappa shape index (κ1) is 11.7. The van der Waals surface area contributed by atoms with Gasteiger partial charge in [0.25, 0.3) is 0 Å². The van der Waals surface area contributed by atoms with E-state index in [2.05, 4.69) is 4.74 Å². The van der Waals surface area contributed by atoms with Crippen LogP contribution in [0.3, 0.4) is 0 Å². The number of hydrogen-bond acceptors (Lipinski definition) is 4. The molecule has 0 saturated heterocycles. The number of ether oxygens (including phenoxy) is 1. The maximum absolute atomic E-state index is 10.8. The van der Waals surface area contributed by atoms with Gasteiger partial charge in [-0.15, -0.1) is 0 Å². The lowest BCUT2D eigenvalue weighted by Gasteiger charge is -2.11.